The van der Waals surface area contributed by atoms with Crippen LogP contribution in [0.15, 0.2) is 65.5 Å². The van der Waals surface area contributed by atoms with Gasteiger partial charge in [-0.3, -0.25) is 4.79 Å². The maximum absolute atomic E-state index is 12.8. The Balaban J connectivity index is 1.64. The van der Waals surface area contributed by atoms with Crippen molar-refractivity contribution in [1.29, 1.82) is 0 Å². The molecule has 1 aromatic heterocycles. The van der Waals surface area contributed by atoms with E-state index in [1.165, 1.54) is 18.4 Å². The molecule has 0 atom stereocenters. The number of allylic oxidation sites excluding steroid dienone is 1. The molecule has 0 aliphatic heterocycles. The van der Waals surface area contributed by atoms with Gasteiger partial charge in [0.1, 0.15) is 16.4 Å². The van der Waals surface area contributed by atoms with Gasteiger partial charge in [-0.15, -0.1) is 11.3 Å². The van der Waals surface area contributed by atoms with Gasteiger partial charge in [0.25, 0.3) is 5.91 Å². The molecule has 1 amide bonds. The van der Waals surface area contributed by atoms with Crippen molar-refractivity contribution in [2.24, 2.45) is 0 Å². The van der Waals surface area contributed by atoms with Crippen LogP contribution in [0.3, 0.4) is 0 Å². The highest BCUT2D eigenvalue weighted by Gasteiger charge is 2.23. The normalized spacial score (nSPS) is 12.1. The first-order chi connectivity index (χ1) is 15.9. The number of nitrogens with zero attached hydrogens (tertiary/aromatic N) is 1. The molecule has 1 saturated carbocycles. The van der Waals surface area contributed by atoms with E-state index in [1.807, 2.05) is 24.3 Å². The third kappa shape index (κ3) is 6.85. The van der Waals surface area contributed by atoms with Crippen LogP contribution in [0.2, 0.25) is 0 Å². The van der Waals surface area contributed by atoms with Crippen molar-refractivity contribution in [2.45, 2.75) is 19.4 Å². The Kier molecular flexibility index (Phi) is 8.53. The summed E-state index contributed by atoms with van der Waals surface area (Å²) >= 11 is 1.38. The number of ether oxygens (including phenoxy) is 3. The van der Waals surface area contributed by atoms with Gasteiger partial charge in [-0.05, 0) is 30.0 Å². The monoisotopic (exact) mass is 469 g/mol. The number of esters is 1. The number of benzene rings is 1. The van der Waals surface area contributed by atoms with E-state index in [1.54, 1.807) is 12.5 Å². The molecule has 1 heterocycles. The Morgan fingerprint density at radius 1 is 1.12 bits per heavy atom. The summed E-state index contributed by atoms with van der Waals surface area (Å²) in [5.74, 6) is -0.964. The summed E-state index contributed by atoms with van der Waals surface area (Å²) < 4.78 is 15.2. The second kappa shape index (κ2) is 11.6. The van der Waals surface area contributed by atoms with E-state index in [0.29, 0.717) is 31.2 Å². The van der Waals surface area contributed by atoms with Crippen molar-refractivity contribution in [3.8, 4) is 10.6 Å². The number of hydrogen-bond acceptors (Lipinski definition) is 8. The highest BCUT2D eigenvalue weighted by molar-refractivity contribution is 7.13. The van der Waals surface area contributed by atoms with Crippen LogP contribution < -0.4 is 10.6 Å². The van der Waals surface area contributed by atoms with Crippen LogP contribution in [0.4, 0.5) is 0 Å². The van der Waals surface area contributed by atoms with Crippen LogP contribution in [0.25, 0.3) is 10.6 Å². The van der Waals surface area contributed by atoms with Crippen LogP contribution in [-0.4, -0.2) is 44.3 Å². The van der Waals surface area contributed by atoms with Crippen molar-refractivity contribution >= 4 is 23.2 Å². The molecule has 2 N–H and O–H groups in total. The molecule has 0 spiro atoms. The number of carbonyl (C=O) groups is 2. The lowest BCUT2D eigenvalue weighted by atomic mass is 10.1. The minimum absolute atomic E-state index is 0.0734. The third-order valence-corrected chi connectivity index (χ3v) is 5.63. The largest absolute Gasteiger partial charge is 0.464 e. The topological polar surface area (TPSA) is 98.8 Å². The Labute approximate surface area is 197 Å². The van der Waals surface area contributed by atoms with Crippen molar-refractivity contribution in [3.63, 3.8) is 0 Å². The van der Waals surface area contributed by atoms with E-state index in [0.717, 1.165) is 34.5 Å². The highest BCUT2D eigenvalue weighted by Crippen LogP contribution is 2.33. The van der Waals surface area contributed by atoms with Gasteiger partial charge in [0.05, 0.1) is 38.3 Å². The number of thiazole rings is 1. The molecule has 1 aromatic carbocycles. The summed E-state index contributed by atoms with van der Waals surface area (Å²) in [6, 6.07) is 7.84. The molecule has 2 aromatic rings. The van der Waals surface area contributed by atoms with Crippen LogP contribution >= 0.6 is 11.3 Å². The molecule has 1 aliphatic carbocycles. The van der Waals surface area contributed by atoms with Gasteiger partial charge in [0, 0.05) is 18.1 Å². The van der Waals surface area contributed by atoms with E-state index in [2.05, 4.69) is 33.5 Å². The van der Waals surface area contributed by atoms with Crippen molar-refractivity contribution in [1.82, 2.24) is 15.6 Å². The quantitative estimate of drug-likeness (QED) is 0.279. The molecule has 8 nitrogen and oxygen atoms in total. The minimum Gasteiger partial charge on any atom is -0.464 e. The smallest absolute Gasteiger partial charge is 0.353 e. The van der Waals surface area contributed by atoms with Gasteiger partial charge in [-0.2, -0.15) is 0 Å². The summed E-state index contributed by atoms with van der Waals surface area (Å²) in [6.07, 6.45) is 1.72. The van der Waals surface area contributed by atoms with Crippen molar-refractivity contribution in [3.05, 3.63) is 76.7 Å². The average Bonchev–Trinajstić information content (AvgIpc) is 3.54. The van der Waals surface area contributed by atoms with Gasteiger partial charge in [0.15, 0.2) is 0 Å². The standard InChI is InChI=1S/C24H27N3O5S/c1-15(21(18-8-9-18)25-16(2)24(29)31-4)26-22(28)20-14-33-23(27-20)19-7-5-6-17(12-19)13-32-11-10-30-3/h5-7,12,14,25H,1-2,8-11,13H2,3-4H3,(H,26,28). The molecular formula is C24H27N3O5S. The molecule has 3 rings (SSSR count). The SMILES string of the molecule is C=C(NC(C(=C)NC(=O)c1csc(-c2cccc(COCCOC)c2)n1)=C1CC1)C(=O)OC. The second-order valence-corrected chi connectivity index (χ2v) is 8.15. The lowest BCUT2D eigenvalue weighted by molar-refractivity contribution is -0.136. The predicted octanol–water partition coefficient (Wildman–Crippen LogP) is 3.54. The fourth-order valence-electron chi connectivity index (χ4n) is 2.92. The Hall–Kier alpha value is -3.27. The number of amides is 1. The number of rotatable bonds is 12. The molecule has 0 saturated heterocycles. The van der Waals surface area contributed by atoms with Gasteiger partial charge < -0.3 is 24.8 Å². The highest BCUT2D eigenvalue weighted by atomic mass is 32.1. The van der Waals surface area contributed by atoms with Crippen LogP contribution in [0.1, 0.15) is 28.9 Å². The van der Waals surface area contributed by atoms with Crippen molar-refractivity contribution in [2.75, 3.05) is 27.4 Å². The fraction of sp³-hybridized carbons (Fsp3) is 0.292. The van der Waals surface area contributed by atoms with Crippen LogP contribution in [0, 0.1) is 0 Å². The van der Waals surface area contributed by atoms with E-state index in [-0.39, 0.29) is 17.3 Å². The maximum Gasteiger partial charge on any atom is 0.353 e. The molecule has 9 heteroatoms. The minimum atomic E-state index is -0.580. The van der Waals surface area contributed by atoms with E-state index in [4.69, 9.17) is 9.47 Å². The molecule has 0 bridgehead atoms. The lowest BCUT2D eigenvalue weighted by Crippen LogP contribution is -2.29. The van der Waals surface area contributed by atoms with Crippen molar-refractivity contribution < 1.29 is 23.8 Å². The molecule has 1 fully saturated rings. The Morgan fingerprint density at radius 3 is 2.61 bits per heavy atom. The van der Waals surface area contributed by atoms with Gasteiger partial charge >= 0.3 is 5.97 Å². The van der Waals surface area contributed by atoms with E-state index < -0.39 is 5.97 Å². The number of hydrogen-bond donors (Lipinski definition) is 2. The molecule has 1 aliphatic rings. The first kappa shape index (κ1) is 24.4. The molecule has 0 unspecified atom stereocenters. The van der Waals surface area contributed by atoms with Gasteiger partial charge in [-0.25, -0.2) is 9.78 Å². The Morgan fingerprint density at radius 2 is 1.91 bits per heavy atom. The average molecular weight is 470 g/mol. The predicted molar refractivity (Wildman–Crippen MR) is 126 cm³/mol. The lowest BCUT2D eigenvalue weighted by Gasteiger charge is -2.15. The number of methoxy groups -OCH3 is 2. The fourth-order valence-corrected chi connectivity index (χ4v) is 3.71. The Bertz CT molecular complexity index is 1080. The summed E-state index contributed by atoms with van der Waals surface area (Å²) in [5.41, 5.74) is 4.25. The number of carbonyl (C=O) groups excluding carboxylic acids is 2. The van der Waals surface area contributed by atoms with Gasteiger partial charge in [-0.1, -0.05) is 31.4 Å². The summed E-state index contributed by atoms with van der Waals surface area (Å²) in [6.45, 7) is 9.14. The van der Waals surface area contributed by atoms with Crippen LogP contribution in [-0.2, 0) is 25.6 Å². The first-order valence-corrected chi connectivity index (χ1v) is 11.2. The first-order valence-electron chi connectivity index (χ1n) is 10.3. The molecule has 174 valence electrons. The summed E-state index contributed by atoms with van der Waals surface area (Å²) in [4.78, 5) is 28.9. The molecular weight excluding hydrogens is 442 g/mol. The zero-order valence-corrected chi connectivity index (χ0v) is 19.5. The molecule has 33 heavy (non-hydrogen) atoms. The second-order valence-electron chi connectivity index (χ2n) is 7.29. The third-order valence-electron chi connectivity index (χ3n) is 4.74. The van der Waals surface area contributed by atoms with E-state index in [9.17, 15) is 9.59 Å². The van der Waals surface area contributed by atoms with Gasteiger partial charge in [0.2, 0.25) is 0 Å². The zero-order chi connectivity index (χ0) is 23.8. The zero-order valence-electron chi connectivity index (χ0n) is 18.7. The molecule has 0 radical (unpaired) electrons. The number of nitrogens with one attached hydrogen (secondary N) is 2. The maximum atomic E-state index is 12.8. The number of aromatic nitrogens is 1. The van der Waals surface area contributed by atoms with Crippen LogP contribution in [0.5, 0.6) is 0 Å². The summed E-state index contributed by atoms with van der Waals surface area (Å²) in [5, 5.41) is 8.09. The van der Waals surface area contributed by atoms with E-state index >= 15 is 0 Å². The summed E-state index contributed by atoms with van der Waals surface area (Å²) in [7, 11) is 2.91.